The van der Waals surface area contributed by atoms with E-state index in [0.717, 1.165) is 0 Å². The van der Waals surface area contributed by atoms with Crippen molar-refractivity contribution in [2.75, 3.05) is 6.61 Å². The highest BCUT2D eigenvalue weighted by molar-refractivity contribution is 6.30. The Hall–Kier alpha value is -1.88. The lowest BCUT2D eigenvalue weighted by Crippen LogP contribution is -2.02. The van der Waals surface area contributed by atoms with Gasteiger partial charge in [0, 0.05) is 10.6 Å². The lowest BCUT2D eigenvalue weighted by atomic mass is 10.2. The number of esters is 1. The number of oxazole rings is 1. The Morgan fingerprint density at radius 1 is 1.50 bits per heavy atom. The second-order valence-corrected chi connectivity index (χ2v) is 3.84. The van der Waals surface area contributed by atoms with Crippen LogP contribution >= 0.6 is 11.6 Å². The largest absolute Gasteiger partial charge is 0.460 e. The van der Waals surface area contributed by atoms with E-state index in [9.17, 15) is 9.18 Å². The molecule has 0 spiro atoms. The Balaban J connectivity index is 2.32. The molecule has 0 saturated heterocycles. The summed E-state index contributed by atoms with van der Waals surface area (Å²) in [6.07, 6.45) is 1.23. The summed E-state index contributed by atoms with van der Waals surface area (Å²) in [7, 11) is 0. The molecule has 1 aromatic carbocycles. The molecule has 0 saturated carbocycles. The van der Waals surface area contributed by atoms with Gasteiger partial charge >= 0.3 is 5.97 Å². The number of nitrogens with zero attached hydrogens (tertiary/aromatic N) is 1. The van der Waals surface area contributed by atoms with Gasteiger partial charge in [0.15, 0.2) is 0 Å². The molecule has 0 unspecified atom stereocenters. The summed E-state index contributed by atoms with van der Waals surface area (Å²) in [4.78, 5) is 15.2. The normalized spacial score (nSPS) is 10.4. The van der Waals surface area contributed by atoms with Gasteiger partial charge in [-0.25, -0.2) is 14.2 Å². The van der Waals surface area contributed by atoms with Gasteiger partial charge in [-0.05, 0) is 25.1 Å². The van der Waals surface area contributed by atoms with Gasteiger partial charge in [0.05, 0.1) is 12.8 Å². The lowest BCUT2D eigenvalue weighted by Gasteiger charge is -1.98. The summed E-state index contributed by atoms with van der Waals surface area (Å²) in [6, 6.07) is 3.87. The van der Waals surface area contributed by atoms with E-state index in [1.165, 1.54) is 24.4 Å². The van der Waals surface area contributed by atoms with Crippen molar-refractivity contribution in [3.05, 3.63) is 41.0 Å². The summed E-state index contributed by atoms with van der Waals surface area (Å²) in [5.74, 6) is -1.04. The third-order valence-corrected chi connectivity index (χ3v) is 2.31. The van der Waals surface area contributed by atoms with Gasteiger partial charge in [0.1, 0.15) is 5.82 Å². The Kier molecular flexibility index (Phi) is 3.62. The van der Waals surface area contributed by atoms with E-state index < -0.39 is 11.8 Å². The molecular formula is C12H9ClFNO3. The number of carbonyl (C=O) groups is 1. The van der Waals surface area contributed by atoms with Gasteiger partial charge in [0.2, 0.25) is 11.7 Å². The van der Waals surface area contributed by atoms with Crippen LogP contribution < -0.4 is 0 Å². The van der Waals surface area contributed by atoms with Crippen LogP contribution in [0.4, 0.5) is 4.39 Å². The number of rotatable bonds is 3. The van der Waals surface area contributed by atoms with E-state index in [2.05, 4.69) is 4.98 Å². The van der Waals surface area contributed by atoms with Crippen molar-refractivity contribution in [1.82, 2.24) is 4.98 Å². The van der Waals surface area contributed by atoms with Crippen LogP contribution in [0.15, 0.2) is 28.8 Å². The molecule has 0 aliphatic carbocycles. The number of aromatic nitrogens is 1. The van der Waals surface area contributed by atoms with Crippen LogP contribution in [0.5, 0.6) is 0 Å². The fraction of sp³-hybridized carbons (Fsp3) is 0.167. The van der Waals surface area contributed by atoms with Gasteiger partial charge in [0.25, 0.3) is 0 Å². The van der Waals surface area contributed by atoms with Gasteiger partial charge < -0.3 is 9.15 Å². The molecule has 0 N–H and O–H groups in total. The molecule has 0 bridgehead atoms. The van der Waals surface area contributed by atoms with Crippen LogP contribution in [0, 0.1) is 5.82 Å². The molecular weight excluding hydrogens is 261 g/mol. The van der Waals surface area contributed by atoms with Gasteiger partial charge in [-0.2, -0.15) is 0 Å². The van der Waals surface area contributed by atoms with Crippen LogP contribution in [0.3, 0.4) is 0 Å². The number of carbonyl (C=O) groups excluding carboxylic acids is 1. The highest BCUT2D eigenvalue weighted by Gasteiger charge is 2.15. The first-order valence-corrected chi connectivity index (χ1v) is 5.57. The second-order valence-electron chi connectivity index (χ2n) is 3.41. The third kappa shape index (κ3) is 2.68. The van der Waals surface area contributed by atoms with E-state index in [1.807, 2.05) is 0 Å². The molecule has 0 atom stereocenters. The number of hydrogen-bond donors (Lipinski definition) is 0. The zero-order valence-electron chi connectivity index (χ0n) is 9.44. The summed E-state index contributed by atoms with van der Waals surface area (Å²) in [6.45, 7) is 1.92. The monoisotopic (exact) mass is 269 g/mol. The minimum Gasteiger partial charge on any atom is -0.460 e. The van der Waals surface area contributed by atoms with E-state index >= 15 is 0 Å². The maximum absolute atomic E-state index is 13.2. The topological polar surface area (TPSA) is 52.3 Å². The summed E-state index contributed by atoms with van der Waals surface area (Å²) in [5, 5.41) is 0.223. The molecule has 94 valence electrons. The maximum Gasteiger partial charge on any atom is 0.375 e. The van der Waals surface area contributed by atoms with E-state index in [4.69, 9.17) is 20.8 Å². The number of hydrogen-bond acceptors (Lipinski definition) is 4. The Morgan fingerprint density at radius 3 is 2.94 bits per heavy atom. The third-order valence-electron chi connectivity index (χ3n) is 2.09. The molecule has 1 heterocycles. The minimum atomic E-state index is -0.612. The predicted octanol–water partition coefficient (Wildman–Crippen LogP) is 3.31. The number of ether oxygens (including phenoxy) is 1. The first-order valence-electron chi connectivity index (χ1n) is 5.19. The van der Waals surface area contributed by atoms with E-state index in [1.54, 1.807) is 6.92 Å². The molecule has 0 radical (unpaired) electrons. The highest BCUT2D eigenvalue weighted by atomic mass is 35.5. The first-order chi connectivity index (χ1) is 8.60. The van der Waals surface area contributed by atoms with Crippen LogP contribution in [-0.2, 0) is 4.74 Å². The molecule has 6 heteroatoms. The zero-order chi connectivity index (χ0) is 13.1. The van der Waals surface area contributed by atoms with E-state index in [-0.39, 0.29) is 23.3 Å². The van der Waals surface area contributed by atoms with E-state index in [0.29, 0.717) is 5.56 Å². The summed E-state index contributed by atoms with van der Waals surface area (Å²) >= 11 is 5.72. The molecule has 4 nitrogen and oxygen atoms in total. The smallest absolute Gasteiger partial charge is 0.375 e. The van der Waals surface area contributed by atoms with Crippen molar-refractivity contribution in [2.24, 2.45) is 0 Å². The second kappa shape index (κ2) is 5.18. The fourth-order valence-corrected chi connectivity index (χ4v) is 1.60. The SMILES string of the molecule is CCOC(=O)c1cnc(-c2cc(F)cc(Cl)c2)o1. The lowest BCUT2D eigenvalue weighted by molar-refractivity contribution is 0.0491. The van der Waals surface area contributed by atoms with Crippen molar-refractivity contribution < 1.29 is 18.3 Å². The molecule has 2 rings (SSSR count). The average molecular weight is 270 g/mol. The molecule has 18 heavy (non-hydrogen) atoms. The number of halogens is 2. The minimum absolute atomic E-state index is 0.0350. The molecule has 0 amide bonds. The Labute approximate surface area is 107 Å². The maximum atomic E-state index is 13.2. The zero-order valence-corrected chi connectivity index (χ0v) is 10.2. The summed E-state index contributed by atoms with van der Waals surface area (Å²) < 4.78 is 23.1. The number of benzene rings is 1. The van der Waals surface area contributed by atoms with Gasteiger partial charge in [-0.1, -0.05) is 11.6 Å². The molecule has 1 aromatic heterocycles. The van der Waals surface area contributed by atoms with Crippen LogP contribution in [0.25, 0.3) is 11.5 Å². The van der Waals surface area contributed by atoms with Crippen molar-refractivity contribution in [3.8, 4) is 11.5 Å². The predicted molar refractivity (Wildman–Crippen MR) is 62.9 cm³/mol. The standard InChI is InChI=1S/C12H9ClFNO3/c1-2-17-12(16)10-6-15-11(18-10)7-3-8(13)5-9(14)4-7/h3-6H,2H2,1H3. The van der Waals surface area contributed by atoms with Crippen molar-refractivity contribution in [3.63, 3.8) is 0 Å². The molecule has 0 fully saturated rings. The van der Waals surface area contributed by atoms with Gasteiger partial charge in [-0.3, -0.25) is 0 Å². The quantitative estimate of drug-likeness (QED) is 0.802. The first kappa shape index (κ1) is 12.6. The van der Waals surface area contributed by atoms with Crippen molar-refractivity contribution in [2.45, 2.75) is 6.92 Å². The molecule has 2 aromatic rings. The molecule has 0 aliphatic heterocycles. The Bertz CT molecular complexity index is 562. The van der Waals surface area contributed by atoms with Crippen molar-refractivity contribution in [1.29, 1.82) is 0 Å². The Morgan fingerprint density at radius 2 is 2.28 bits per heavy atom. The van der Waals surface area contributed by atoms with Crippen LogP contribution in [0.1, 0.15) is 17.5 Å². The van der Waals surface area contributed by atoms with Gasteiger partial charge in [-0.15, -0.1) is 0 Å². The average Bonchev–Trinajstić information content (AvgIpc) is 2.77. The van der Waals surface area contributed by atoms with Crippen molar-refractivity contribution >= 4 is 17.6 Å². The fourth-order valence-electron chi connectivity index (χ4n) is 1.38. The summed E-state index contributed by atoms with van der Waals surface area (Å²) in [5.41, 5.74) is 0.357. The van der Waals surface area contributed by atoms with Crippen LogP contribution in [0.2, 0.25) is 5.02 Å². The molecule has 0 aliphatic rings. The highest BCUT2D eigenvalue weighted by Crippen LogP contribution is 2.24. The van der Waals surface area contributed by atoms with Crippen LogP contribution in [-0.4, -0.2) is 17.6 Å².